The first-order valence-electron chi connectivity index (χ1n) is 13.5. The number of anilines is 2. The second kappa shape index (κ2) is 9.97. The zero-order valence-corrected chi connectivity index (χ0v) is 22.1. The van der Waals surface area contributed by atoms with Crippen molar-refractivity contribution in [3.63, 3.8) is 0 Å². The average Bonchev–Trinajstić information content (AvgIpc) is 3.53. The minimum atomic E-state index is -1.19. The van der Waals surface area contributed by atoms with Crippen LogP contribution in [0.4, 0.5) is 11.4 Å². The summed E-state index contributed by atoms with van der Waals surface area (Å²) in [7, 11) is 0. The van der Waals surface area contributed by atoms with Gasteiger partial charge in [0.15, 0.2) is 5.69 Å². The van der Waals surface area contributed by atoms with Crippen LogP contribution in [-0.2, 0) is 6.42 Å². The number of aromatic amines is 1. The maximum atomic E-state index is 13.0. The van der Waals surface area contributed by atoms with Crippen LogP contribution in [0.1, 0.15) is 57.6 Å². The number of nitrogens with zero attached hydrogens (tertiary/aromatic N) is 2. The molecule has 1 aromatic heterocycles. The number of para-hydroxylation sites is 2. The van der Waals surface area contributed by atoms with Gasteiger partial charge in [0.25, 0.3) is 5.56 Å². The molecule has 2 unspecified atom stereocenters. The van der Waals surface area contributed by atoms with Crippen molar-refractivity contribution in [2.45, 2.75) is 45.6 Å². The first kappa shape index (κ1) is 24.8. The van der Waals surface area contributed by atoms with Gasteiger partial charge < -0.3 is 10.0 Å². The van der Waals surface area contributed by atoms with Crippen molar-refractivity contribution in [1.29, 1.82) is 0 Å². The lowest BCUT2D eigenvalue weighted by Gasteiger charge is -2.42. The number of carbonyl (C=O) groups is 1. The molecule has 1 fully saturated rings. The van der Waals surface area contributed by atoms with E-state index in [-0.39, 0.29) is 11.3 Å². The maximum absolute atomic E-state index is 13.0. The summed E-state index contributed by atoms with van der Waals surface area (Å²) in [6, 6.07) is 22.4. The molecule has 1 saturated carbocycles. The molecule has 0 spiro atoms. The normalized spacial score (nSPS) is 17.7. The SMILES string of the molecule is Cc1cccc(C)c1N1c2ccc(C=C=Cc3c(C(=O)O)[nH]n(-c4ccccc4)c3=O)cc2CC2CCCC21. The van der Waals surface area contributed by atoms with E-state index in [1.807, 2.05) is 12.1 Å². The van der Waals surface area contributed by atoms with Gasteiger partial charge in [0, 0.05) is 17.4 Å². The Bertz CT molecular complexity index is 1670. The Morgan fingerprint density at radius 2 is 1.77 bits per heavy atom. The van der Waals surface area contributed by atoms with Crippen LogP contribution in [0.5, 0.6) is 0 Å². The Balaban J connectivity index is 1.37. The van der Waals surface area contributed by atoms with Crippen LogP contribution < -0.4 is 10.5 Å². The third kappa shape index (κ3) is 4.43. The second-order valence-corrected chi connectivity index (χ2v) is 10.6. The number of aromatic nitrogens is 2. The lowest BCUT2D eigenvalue weighted by molar-refractivity contribution is 0.0689. The average molecular weight is 518 g/mol. The quantitative estimate of drug-likeness (QED) is 0.290. The molecule has 0 amide bonds. The topological polar surface area (TPSA) is 78.3 Å². The van der Waals surface area contributed by atoms with Crippen molar-refractivity contribution >= 4 is 29.5 Å². The minimum absolute atomic E-state index is 0.0653. The molecule has 0 radical (unpaired) electrons. The van der Waals surface area contributed by atoms with Crippen LogP contribution in [0.15, 0.2) is 77.3 Å². The van der Waals surface area contributed by atoms with Crippen LogP contribution in [0, 0.1) is 19.8 Å². The third-order valence-corrected chi connectivity index (χ3v) is 8.11. The molecule has 1 aliphatic heterocycles. The molecule has 1 aliphatic carbocycles. The summed E-state index contributed by atoms with van der Waals surface area (Å²) in [6.07, 6.45) is 8.03. The molecule has 6 nitrogen and oxygen atoms in total. The molecule has 3 aromatic carbocycles. The van der Waals surface area contributed by atoms with E-state index in [1.165, 1.54) is 58.1 Å². The summed E-state index contributed by atoms with van der Waals surface area (Å²) in [5, 5.41) is 12.4. The highest BCUT2D eigenvalue weighted by atomic mass is 16.4. The van der Waals surface area contributed by atoms with E-state index in [0.717, 1.165) is 12.0 Å². The lowest BCUT2D eigenvalue weighted by Crippen LogP contribution is -2.40. The maximum Gasteiger partial charge on any atom is 0.354 e. The number of benzene rings is 3. The van der Waals surface area contributed by atoms with Crippen LogP contribution in [0.2, 0.25) is 0 Å². The number of carboxylic acids is 1. The Morgan fingerprint density at radius 1 is 1.00 bits per heavy atom. The van der Waals surface area contributed by atoms with Gasteiger partial charge in [0.05, 0.1) is 11.3 Å². The number of aromatic carboxylic acids is 1. The van der Waals surface area contributed by atoms with Crippen molar-refractivity contribution in [2.75, 3.05) is 4.90 Å². The largest absolute Gasteiger partial charge is 0.477 e. The Kier molecular flexibility index (Phi) is 6.34. The van der Waals surface area contributed by atoms with Crippen LogP contribution in [-0.4, -0.2) is 26.9 Å². The highest BCUT2D eigenvalue weighted by Gasteiger charge is 2.39. The highest BCUT2D eigenvalue weighted by Crippen LogP contribution is 2.47. The number of fused-ring (bicyclic) bond motifs is 2. The number of aryl methyl sites for hydroxylation is 2. The summed E-state index contributed by atoms with van der Waals surface area (Å²) in [5.74, 6) is -0.568. The summed E-state index contributed by atoms with van der Waals surface area (Å²) < 4.78 is 1.25. The van der Waals surface area contributed by atoms with Gasteiger partial charge in [-0.3, -0.25) is 9.89 Å². The summed E-state index contributed by atoms with van der Waals surface area (Å²) >= 11 is 0. The van der Waals surface area contributed by atoms with E-state index in [1.54, 1.807) is 24.3 Å². The van der Waals surface area contributed by atoms with Gasteiger partial charge in [0.1, 0.15) is 0 Å². The smallest absolute Gasteiger partial charge is 0.354 e. The summed E-state index contributed by atoms with van der Waals surface area (Å²) in [4.78, 5) is 27.5. The van der Waals surface area contributed by atoms with Crippen LogP contribution >= 0.6 is 0 Å². The molecule has 2 heterocycles. The fraction of sp³-hybridized carbons (Fsp3) is 0.242. The number of carboxylic acid groups (broad SMARTS) is 1. The molecular weight excluding hydrogens is 486 g/mol. The molecule has 0 saturated heterocycles. The summed E-state index contributed by atoms with van der Waals surface area (Å²) in [6.45, 7) is 4.39. The van der Waals surface area contributed by atoms with Crippen molar-refractivity contribution in [3.8, 4) is 5.69 Å². The van der Waals surface area contributed by atoms with Gasteiger partial charge in [-0.25, -0.2) is 9.48 Å². The Morgan fingerprint density at radius 3 is 2.51 bits per heavy atom. The number of H-pyrrole nitrogens is 1. The number of hydrogen-bond donors (Lipinski definition) is 2. The third-order valence-electron chi connectivity index (χ3n) is 8.11. The molecule has 2 N–H and O–H groups in total. The molecule has 196 valence electrons. The zero-order chi connectivity index (χ0) is 27.1. The fourth-order valence-electron chi connectivity index (χ4n) is 6.35. The predicted molar refractivity (Wildman–Crippen MR) is 155 cm³/mol. The Labute approximate surface area is 227 Å². The molecular formula is C33H31N3O3. The molecule has 4 aromatic rings. The van der Waals surface area contributed by atoms with Crippen molar-refractivity contribution < 1.29 is 9.90 Å². The molecule has 6 rings (SSSR count). The van der Waals surface area contributed by atoms with Crippen LogP contribution in [0.3, 0.4) is 0 Å². The van der Waals surface area contributed by atoms with Gasteiger partial charge in [-0.15, -0.1) is 5.73 Å². The van der Waals surface area contributed by atoms with E-state index in [4.69, 9.17) is 0 Å². The van der Waals surface area contributed by atoms with Gasteiger partial charge in [-0.05, 0) is 97.7 Å². The predicted octanol–water partition coefficient (Wildman–Crippen LogP) is 6.67. The lowest BCUT2D eigenvalue weighted by atomic mass is 9.85. The van der Waals surface area contributed by atoms with E-state index < -0.39 is 11.5 Å². The number of hydrogen-bond acceptors (Lipinski definition) is 3. The monoisotopic (exact) mass is 517 g/mol. The number of rotatable bonds is 5. The van der Waals surface area contributed by atoms with Crippen molar-refractivity contribution in [3.05, 3.63) is 116 Å². The molecule has 2 aliphatic rings. The van der Waals surface area contributed by atoms with Crippen LogP contribution in [0.25, 0.3) is 17.8 Å². The molecule has 2 atom stereocenters. The van der Waals surface area contributed by atoms with Gasteiger partial charge >= 0.3 is 5.97 Å². The molecule has 6 heteroatoms. The zero-order valence-electron chi connectivity index (χ0n) is 22.1. The van der Waals surface area contributed by atoms with Gasteiger partial charge in [-0.2, -0.15) is 0 Å². The van der Waals surface area contributed by atoms with E-state index >= 15 is 0 Å². The minimum Gasteiger partial charge on any atom is -0.477 e. The number of nitrogens with one attached hydrogen (secondary N) is 1. The first-order valence-corrected chi connectivity index (χ1v) is 13.5. The van der Waals surface area contributed by atoms with E-state index in [2.05, 4.69) is 66.0 Å². The van der Waals surface area contributed by atoms with Gasteiger partial charge in [-0.1, -0.05) is 48.9 Å². The molecule has 39 heavy (non-hydrogen) atoms. The standard InChI is InChI=1S/C33H31N3O3/c1-21-9-6-10-22(2)31(21)35-28-16-8-12-24(28)20-25-19-23(17-18-29(25)35)11-7-15-27-30(33(38)39)34-36(32(27)37)26-13-4-3-5-14-26/h3-6,9-11,13-15,17-19,24,28,34H,8,12,16,20H2,1-2H3,(H,38,39). The fourth-order valence-corrected chi connectivity index (χ4v) is 6.35. The molecule has 0 bridgehead atoms. The van der Waals surface area contributed by atoms with E-state index in [0.29, 0.717) is 17.6 Å². The first-order chi connectivity index (χ1) is 18.9. The van der Waals surface area contributed by atoms with Crippen molar-refractivity contribution in [2.24, 2.45) is 5.92 Å². The highest BCUT2D eigenvalue weighted by molar-refractivity contribution is 5.90. The summed E-state index contributed by atoms with van der Waals surface area (Å²) in [5.41, 5.74) is 10.6. The second-order valence-electron chi connectivity index (χ2n) is 10.6. The Hall–Kier alpha value is -4.54. The van der Waals surface area contributed by atoms with E-state index in [9.17, 15) is 14.7 Å². The van der Waals surface area contributed by atoms with Gasteiger partial charge in [0.2, 0.25) is 0 Å². The van der Waals surface area contributed by atoms with Crippen molar-refractivity contribution in [1.82, 2.24) is 9.78 Å².